The van der Waals surface area contributed by atoms with Crippen LogP contribution in [0.2, 0.25) is 0 Å². The van der Waals surface area contributed by atoms with Crippen molar-refractivity contribution in [2.24, 2.45) is 11.8 Å². The molecule has 0 saturated carbocycles. The molecule has 0 unspecified atom stereocenters. The molecule has 4 fully saturated rings. The van der Waals surface area contributed by atoms with E-state index in [1.54, 1.807) is 0 Å². The van der Waals surface area contributed by atoms with Gasteiger partial charge in [-0.05, 0) is 89.8 Å². The van der Waals surface area contributed by atoms with Crippen LogP contribution in [0.25, 0.3) is 0 Å². The Balaban J connectivity index is 1.32. The average Bonchev–Trinajstić information content (AvgIpc) is 2.65. The molecule has 4 aliphatic rings. The Labute approximate surface area is 153 Å². The summed E-state index contributed by atoms with van der Waals surface area (Å²) in [5, 5.41) is 0. The van der Waals surface area contributed by atoms with Crippen molar-refractivity contribution in [1.29, 1.82) is 0 Å². The second-order valence-electron chi connectivity index (χ2n) is 9.08. The minimum atomic E-state index is 0.416. The highest BCUT2D eigenvalue weighted by Crippen LogP contribution is 2.42. The van der Waals surface area contributed by atoms with E-state index < -0.39 is 0 Å². The molecule has 0 bridgehead atoms. The molecule has 4 heteroatoms. The van der Waals surface area contributed by atoms with Crippen molar-refractivity contribution >= 4 is 5.91 Å². The minimum absolute atomic E-state index is 0.416. The van der Waals surface area contributed by atoms with Gasteiger partial charge in [0.1, 0.15) is 0 Å². The van der Waals surface area contributed by atoms with Crippen LogP contribution in [0.5, 0.6) is 0 Å². The second-order valence-corrected chi connectivity index (χ2v) is 9.08. The van der Waals surface area contributed by atoms with E-state index in [4.69, 9.17) is 0 Å². The number of rotatable bonds is 4. The lowest BCUT2D eigenvalue weighted by atomic mass is 9.69. The molecule has 4 heterocycles. The Kier molecular flexibility index (Phi) is 5.66. The minimum Gasteiger partial charge on any atom is -0.343 e. The summed E-state index contributed by atoms with van der Waals surface area (Å²) in [6.07, 6.45) is 12.4. The first-order valence-electron chi connectivity index (χ1n) is 11.0. The van der Waals surface area contributed by atoms with Crippen LogP contribution in [0.3, 0.4) is 0 Å². The van der Waals surface area contributed by atoms with Crippen molar-refractivity contribution in [1.82, 2.24) is 14.7 Å². The van der Waals surface area contributed by atoms with Gasteiger partial charge >= 0.3 is 0 Å². The fourth-order valence-corrected chi connectivity index (χ4v) is 6.41. The largest absolute Gasteiger partial charge is 0.343 e. The number of hydrogen-bond donors (Lipinski definition) is 0. The molecular formula is C21H37N3O. The molecule has 25 heavy (non-hydrogen) atoms. The zero-order valence-corrected chi connectivity index (χ0v) is 16.2. The molecule has 0 spiro atoms. The van der Waals surface area contributed by atoms with E-state index in [0.717, 1.165) is 43.8 Å². The van der Waals surface area contributed by atoms with E-state index >= 15 is 0 Å². The standard InChI is InChI=1S/C21H37N3O/c1-22-16-17-8-6-14-24-15-7-9-18(21(17)24)19(22)10-5-11-20(25)23-12-3-2-4-13-23/h17-19,21H,2-16H2,1H3/t17-,18+,19+,21-/m0/s1. The lowest BCUT2D eigenvalue weighted by molar-refractivity contribution is -0.132. The third-order valence-corrected chi connectivity index (χ3v) is 7.53. The van der Waals surface area contributed by atoms with Crippen LogP contribution in [0, 0.1) is 11.8 Å². The Hall–Kier alpha value is -0.610. The molecule has 4 atom stereocenters. The maximum atomic E-state index is 12.5. The summed E-state index contributed by atoms with van der Waals surface area (Å²) < 4.78 is 0. The van der Waals surface area contributed by atoms with Crippen molar-refractivity contribution in [3.63, 3.8) is 0 Å². The van der Waals surface area contributed by atoms with Gasteiger partial charge in [0, 0.05) is 38.1 Å². The van der Waals surface area contributed by atoms with Gasteiger partial charge in [-0.25, -0.2) is 0 Å². The molecule has 0 aromatic carbocycles. The number of nitrogens with zero attached hydrogens (tertiary/aromatic N) is 3. The van der Waals surface area contributed by atoms with Crippen LogP contribution < -0.4 is 0 Å². The quantitative estimate of drug-likeness (QED) is 0.782. The highest BCUT2D eigenvalue weighted by Gasteiger charge is 2.47. The molecule has 4 nitrogen and oxygen atoms in total. The zero-order valence-electron chi connectivity index (χ0n) is 16.2. The Morgan fingerprint density at radius 1 is 0.960 bits per heavy atom. The summed E-state index contributed by atoms with van der Waals surface area (Å²) in [7, 11) is 2.35. The second kappa shape index (κ2) is 7.96. The van der Waals surface area contributed by atoms with Gasteiger partial charge in [0.05, 0.1) is 0 Å². The van der Waals surface area contributed by atoms with Crippen molar-refractivity contribution in [3.8, 4) is 0 Å². The van der Waals surface area contributed by atoms with E-state index in [1.807, 2.05) is 0 Å². The Morgan fingerprint density at radius 3 is 2.52 bits per heavy atom. The molecule has 0 aromatic heterocycles. The molecule has 0 aliphatic carbocycles. The van der Waals surface area contributed by atoms with Gasteiger partial charge in [0.15, 0.2) is 0 Å². The molecular weight excluding hydrogens is 310 g/mol. The lowest BCUT2D eigenvalue weighted by Crippen LogP contribution is -2.63. The molecule has 4 aliphatic heterocycles. The molecule has 1 amide bonds. The topological polar surface area (TPSA) is 26.8 Å². The highest BCUT2D eigenvalue weighted by atomic mass is 16.2. The van der Waals surface area contributed by atoms with Crippen LogP contribution in [0.1, 0.15) is 64.2 Å². The number of hydrogen-bond acceptors (Lipinski definition) is 3. The summed E-state index contributed by atoms with van der Waals surface area (Å²) in [6, 6.07) is 1.55. The van der Waals surface area contributed by atoms with E-state index in [9.17, 15) is 4.79 Å². The summed E-state index contributed by atoms with van der Waals surface area (Å²) in [6.45, 7) is 5.96. The maximum Gasteiger partial charge on any atom is 0.222 e. The van der Waals surface area contributed by atoms with E-state index in [0.29, 0.717) is 11.9 Å². The maximum absolute atomic E-state index is 12.5. The molecule has 4 saturated heterocycles. The monoisotopic (exact) mass is 347 g/mol. The van der Waals surface area contributed by atoms with E-state index in [-0.39, 0.29) is 0 Å². The Bertz CT molecular complexity index is 460. The smallest absolute Gasteiger partial charge is 0.222 e. The molecule has 0 aromatic rings. The highest BCUT2D eigenvalue weighted by molar-refractivity contribution is 5.76. The summed E-state index contributed by atoms with van der Waals surface area (Å²) >= 11 is 0. The van der Waals surface area contributed by atoms with Crippen molar-refractivity contribution in [3.05, 3.63) is 0 Å². The third-order valence-electron chi connectivity index (χ3n) is 7.53. The number of amides is 1. The molecule has 4 rings (SSSR count). The van der Waals surface area contributed by atoms with Gasteiger partial charge < -0.3 is 9.80 Å². The van der Waals surface area contributed by atoms with Crippen molar-refractivity contribution in [2.45, 2.75) is 76.3 Å². The van der Waals surface area contributed by atoms with Gasteiger partial charge in [-0.2, -0.15) is 0 Å². The van der Waals surface area contributed by atoms with Gasteiger partial charge in [0.2, 0.25) is 5.91 Å². The predicted molar refractivity (Wildman–Crippen MR) is 102 cm³/mol. The first kappa shape index (κ1) is 17.8. The average molecular weight is 348 g/mol. The summed E-state index contributed by atoms with van der Waals surface area (Å²) in [4.78, 5) is 20.1. The zero-order chi connectivity index (χ0) is 17.2. The van der Waals surface area contributed by atoms with Gasteiger partial charge in [-0.3, -0.25) is 9.69 Å². The van der Waals surface area contributed by atoms with Crippen molar-refractivity contribution in [2.75, 3.05) is 39.8 Å². The van der Waals surface area contributed by atoms with Crippen LogP contribution in [0.4, 0.5) is 0 Å². The van der Waals surface area contributed by atoms with Crippen LogP contribution in [0.15, 0.2) is 0 Å². The van der Waals surface area contributed by atoms with Crippen LogP contribution >= 0.6 is 0 Å². The first-order chi connectivity index (χ1) is 12.2. The molecule has 142 valence electrons. The molecule has 0 N–H and O–H groups in total. The van der Waals surface area contributed by atoms with Gasteiger partial charge in [-0.15, -0.1) is 0 Å². The fourth-order valence-electron chi connectivity index (χ4n) is 6.41. The number of carbonyl (C=O) groups excluding carboxylic acids is 1. The fraction of sp³-hybridized carbons (Fsp3) is 0.952. The third kappa shape index (κ3) is 3.75. The van der Waals surface area contributed by atoms with Crippen LogP contribution in [-0.4, -0.2) is 72.5 Å². The SMILES string of the molecule is CN1C[C@@H]2CCCN3CCC[C@@H]([C@H]23)[C@H]1CCCC(=O)N1CCCCC1. The molecule has 0 radical (unpaired) electrons. The number of likely N-dealkylation sites (tertiary alicyclic amines) is 2. The van der Waals surface area contributed by atoms with E-state index in [1.165, 1.54) is 71.0 Å². The Morgan fingerprint density at radius 2 is 1.72 bits per heavy atom. The first-order valence-corrected chi connectivity index (χ1v) is 11.0. The normalized spacial score (nSPS) is 36.9. The predicted octanol–water partition coefficient (Wildman–Crippen LogP) is 2.97. The lowest BCUT2D eigenvalue weighted by Gasteiger charge is -2.57. The van der Waals surface area contributed by atoms with E-state index in [2.05, 4.69) is 21.7 Å². The number of carbonyl (C=O) groups is 1. The van der Waals surface area contributed by atoms with Gasteiger partial charge in [0.25, 0.3) is 0 Å². The summed E-state index contributed by atoms with van der Waals surface area (Å²) in [5.41, 5.74) is 0. The number of piperidine rings is 4. The van der Waals surface area contributed by atoms with Gasteiger partial charge in [-0.1, -0.05) is 0 Å². The van der Waals surface area contributed by atoms with Crippen molar-refractivity contribution < 1.29 is 4.79 Å². The van der Waals surface area contributed by atoms with Crippen LogP contribution in [-0.2, 0) is 4.79 Å². The summed E-state index contributed by atoms with van der Waals surface area (Å²) in [5.74, 6) is 2.16.